The number of carbonyl (C=O) groups is 2. The lowest BCUT2D eigenvalue weighted by Crippen LogP contribution is -2.50. The van der Waals surface area contributed by atoms with E-state index in [9.17, 15) is 9.59 Å². The fourth-order valence-electron chi connectivity index (χ4n) is 3.99. The lowest BCUT2D eigenvalue weighted by molar-refractivity contribution is -0.133. The highest BCUT2D eigenvalue weighted by molar-refractivity contribution is 7.12. The van der Waals surface area contributed by atoms with Crippen molar-refractivity contribution in [3.8, 4) is 0 Å². The van der Waals surface area contributed by atoms with Gasteiger partial charge in [0, 0.05) is 19.6 Å². The predicted octanol–water partition coefficient (Wildman–Crippen LogP) is 3.15. The molecule has 0 aliphatic carbocycles. The molecule has 2 aliphatic rings. The minimum Gasteiger partial charge on any atom is -0.352 e. The van der Waals surface area contributed by atoms with E-state index >= 15 is 0 Å². The van der Waals surface area contributed by atoms with Gasteiger partial charge in [-0.15, -0.1) is 11.3 Å². The number of likely N-dealkylation sites (tertiary alicyclic amines) is 1. The molecular weight excluding hydrogens is 332 g/mol. The highest BCUT2D eigenvalue weighted by Crippen LogP contribution is 2.38. The lowest BCUT2D eigenvalue weighted by Gasteiger charge is -2.40. The maximum Gasteiger partial charge on any atom is 0.264 e. The minimum absolute atomic E-state index is 0.108. The van der Waals surface area contributed by atoms with Gasteiger partial charge < -0.3 is 10.2 Å². The second kappa shape index (κ2) is 6.30. The quantitative estimate of drug-likeness (QED) is 0.855. The Balaban J connectivity index is 1.53. The van der Waals surface area contributed by atoms with Crippen LogP contribution < -0.4 is 5.32 Å². The first-order chi connectivity index (χ1) is 12.1. The summed E-state index contributed by atoms with van der Waals surface area (Å²) in [7, 11) is 0. The molecule has 1 aromatic heterocycles. The van der Waals surface area contributed by atoms with Crippen molar-refractivity contribution in [2.75, 3.05) is 13.1 Å². The molecule has 1 spiro atoms. The van der Waals surface area contributed by atoms with Crippen molar-refractivity contribution < 1.29 is 9.59 Å². The molecule has 2 amide bonds. The average Bonchev–Trinajstić information content (AvgIpc) is 3.01. The van der Waals surface area contributed by atoms with Crippen LogP contribution in [0.3, 0.4) is 0 Å². The van der Waals surface area contributed by atoms with Crippen LogP contribution in [-0.4, -0.2) is 29.8 Å². The summed E-state index contributed by atoms with van der Waals surface area (Å²) >= 11 is 1.50. The van der Waals surface area contributed by atoms with Gasteiger partial charge in [-0.25, -0.2) is 0 Å². The maximum absolute atomic E-state index is 12.8. The zero-order valence-corrected chi connectivity index (χ0v) is 15.2. The summed E-state index contributed by atoms with van der Waals surface area (Å²) in [6, 6.07) is 10.3. The highest BCUT2D eigenvalue weighted by Gasteiger charge is 2.43. The van der Waals surface area contributed by atoms with Crippen molar-refractivity contribution in [3.63, 3.8) is 0 Å². The number of piperidine rings is 1. The van der Waals surface area contributed by atoms with Crippen molar-refractivity contribution >= 4 is 23.2 Å². The van der Waals surface area contributed by atoms with Gasteiger partial charge in [0.1, 0.15) is 0 Å². The fraction of sp³-hybridized carbons (Fsp3) is 0.400. The molecule has 0 unspecified atom stereocenters. The van der Waals surface area contributed by atoms with E-state index in [1.54, 1.807) is 0 Å². The molecule has 130 valence electrons. The number of amides is 2. The molecule has 0 atom stereocenters. The molecular formula is C20H22N2O2S. The van der Waals surface area contributed by atoms with E-state index in [2.05, 4.69) is 17.4 Å². The molecule has 0 saturated carbocycles. The van der Waals surface area contributed by atoms with Crippen LogP contribution in [0.2, 0.25) is 0 Å². The van der Waals surface area contributed by atoms with Gasteiger partial charge in [0.05, 0.1) is 10.3 Å². The van der Waals surface area contributed by atoms with Crippen LogP contribution in [0.5, 0.6) is 0 Å². The highest BCUT2D eigenvalue weighted by atomic mass is 32.1. The Morgan fingerprint density at radius 2 is 1.88 bits per heavy atom. The normalized spacial score (nSPS) is 19.2. The van der Waals surface area contributed by atoms with Crippen molar-refractivity contribution in [1.29, 1.82) is 0 Å². The molecule has 1 saturated heterocycles. The number of nitrogens with one attached hydrogen (secondary N) is 1. The zero-order valence-electron chi connectivity index (χ0n) is 14.4. The van der Waals surface area contributed by atoms with E-state index in [1.165, 1.54) is 22.5 Å². The Kier molecular flexibility index (Phi) is 4.12. The molecule has 0 radical (unpaired) electrons. The number of nitrogens with zero attached hydrogens (tertiary/aromatic N) is 1. The van der Waals surface area contributed by atoms with Gasteiger partial charge in [-0.2, -0.15) is 0 Å². The Morgan fingerprint density at radius 3 is 2.56 bits per heavy atom. The number of thiophene rings is 1. The SMILES string of the molecule is Cc1ccsc1C(=O)N1CCC2(CC1)Cc1ccccc1CNC2=O. The smallest absolute Gasteiger partial charge is 0.264 e. The van der Waals surface area contributed by atoms with Gasteiger partial charge in [-0.1, -0.05) is 24.3 Å². The number of hydrogen-bond donors (Lipinski definition) is 1. The van der Waals surface area contributed by atoms with E-state index < -0.39 is 0 Å². The van der Waals surface area contributed by atoms with Crippen LogP contribution in [-0.2, 0) is 17.8 Å². The summed E-state index contributed by atoms with van der Waals surface area (Å²) in [6.45, 7) is 3.87. The van der Waals surface area contributed by atoms with Crippen molar-refractivity contribution in [2.45, 2.75) is 32.7 Å². The van der Waals surface area contributed by atoms with Crippen LogP contribution in [0, 0.1) is 12.3 Å². The molecule has 1 N–H and O–H groups in total. The lowest BCUT2D eigenvalue weighted by atomic mass is 9.73. The summed E-state index contributed by atoms with van der Waals surface area (Å²) in [5.74, 6) is 0.250. The minimum atomic E-state index is -0.381. The maximum atomic E-state index is 12.8. The molecule has 4 nitrogen and oxygen atoms in total. The molecule has 1 aromatic carbocycles. The first-order valence-electron chi connectivity index (χ1n) is 8.77. The molecule has 1 fully saturated rings. The van der Waals surface area contributed by atoms with Gasteiger partial charge in [-0.05, 0) is 54.3 Å². The van der Waals surface area contributed by atoms with Crippen LogP contribution in [0.25, 0.3) is 0 Å². The number of benzene rings is 1. The molecule has 25 heavy (non-hydrogen) atoms. The second-order valence-electron chi connectivity index (χ2n) is 7.13. The van der Waals surface area contributed by atoms with Gasteiger partial charge >= 0.3 is 0 Å². The number of rotatable bonds is 1. The molecule has 2 aliphatic heterocycles. The molecule has 4 rings (SSSR count). The van der Waals surface area contributed by atoms with E-state index in [1.807, 2.05) is 35.4 Å². The molecule has 5 heteroatoms. The Labute approximate surface area is 151 Å². The fourth-order valence-corrected chi connectivity index (χ4v) is 4.88. The van der Waals surface area contributed by atoms with E-state index in [0.717, 1.165) is 29.7 Å². The summed E-state index contributed by atoms with van der Waals surface area (Å²) in [5.41, 5.74) is 3.13. The van der Waals surface area contributed by atoms with E-state index in [0.29, 0.717) is 19.6 Å². The average molecular weight is 354 g/mol. The van der Waals surface area contributed by atoms with Gasteiger partial charge in [0.15, 0.2) is 0 Å². The van der Waals surface area contributed by atoms with Crippen molar-refractivity contribution in [1.82, 2.24) is 10.2 Å². The topological polar surface area (TPSA) is 49.4 Å². The Hall–Kier alpha value is -2.14. The van der Waals surface area contributed by atoms with Crippen LogP contribution in [0.1, 0.15) is 39.2 Å². The second-order valence-corrected chi connectivity index (χ2v) is 8.05. The standard InChI is InChI=1S/C20H22N2O2S/c1-14-6-11-25-17(14)18(23)22-9-7-20(8-10-22)12-15-4-2-3-5-16(15)13-21-19(20)24/h2-6,11H,7-10,12-13H2,1H3,(H,21,24). The van der Waals surface area contributed by atoms with Crippen LogP contribution in [0.15, 0.2) is 35.7 Å². The summed E-state index contributed by atoms with van der Waals surface area (Å²) in [5, 5.41) is 5.06. The van der Waals surface area contributed by atoms with Gasteiger partial charge in [-0.3, -0.25) is 9.59 Å². The van der Waals surface area contributed by atoms with Crippen LogP contribution >= 0.6 is 11.3 Å². The van der Waals surface area contributed by atoms with Crippen molar-refractivity contribution in [2.24, 2.45) is 5.41 Å². The molecule has 0 bridgehead atoms. The summed E-state index contributed by atoms with van der Waals surface area (Å²) in [4.78, 5) is 28.3. The number of aryl methyl sites for hydroxylation is 1. The third-order valence-corrected chi connectivity index (χ3v) is 6.64. The number of fused-ring (bicyclic) bond motifs is 1. The van der Waals surface area contributed by atoms with Gasteiger partial charge in [0.2, 0.25) is 5.91 Å². The Morgan fingerprint density at radius 1 is 1.16 bits per heavy atom. The third-order valence-electron chi connectivity index (χ3n) is 5.63. The summed E-state index contributed by atoms with van der Waals surface area (Å²) in [6.07, 6.45) is 2.22. The predicted molar refractivity (Wildman–Crippen MR) is 98.6 cm³/mol. The summed E-state index contributed by atoms with van der Waals surface area (Å²) < 4.78 is 0. The van der Waals surface area contributed by atoms with Gasteiger partial charge in [0.25, 0.3) is 5.91 Å². The Bertz CT molecular complexity index is 819. The molecule has 3 heterocycles. The third kappa shape index (κ3) is 2.86. The largest absolute Gasteiger partial charge is 0.352 e. The first-order valence-corrected chi connectivity index (χ1v) is 9.65. The first kappa shape index (κ1) is 16.3. The van der Waals surface area contributed by atoms with Crippen molar-refractivity contribution in [3.05, 3.63) is 57.3 Å². The van der Waals surface area contributed by atoms with E-state index in [4.69, 9.17) is 0 Å². The van der Waals surface area contributed by atoms with Crippen LogP contribution in [0.4, 0.5) is 0 Å². The molecule has 2 aromatic rings. The zero-order chi connectivity index (χ0) is 17.4. The number of carbonyl (C=O) groups excluding carboxylic acids is 2. The number of hydrogen-bond acceptors (Lipinski definition) is 3. The monoisotopic (exact) mass is 354 g/mol. The van der Waals surface area contributed by atoms with E-state index in [-0.39, 0.29) is 17.2 Å².